The summed E-state index contributed by atoms with van der Waals surface area (Å²) in [5.74, 6) is -0.0246. The second-order valence-corrected chi connectivity index (χ2v) is 13.0. The molecule has 1 aliphatic rings. The Morgan fingerprint density at radius 1 is 0.778 bits per heavy atom. The van der Waals surface area contributed by atoms with E-state index < -0.39 is 7.05 Å². The van der Waals surface area contributed by atoms with Crippen molar-refractivity contribution in [3.63, 3.8) is 0 Å². The van der Waals surface area contributed by atoms with Crippen molar-refractivity contribution in [3.8, 4) is 0 Å². The predicted octanol–water partition coefficient (Wildman–Crippen LogP) is 6.72. The molecule has 36 heavy (non-hydrogen) atoms. The van der Waals surface area contributed by atoms with Crippen LogP contribution in [0.5, 0.6) is 0 Å². The minimum Gasteiger partial charge on any atom is -0.293 e. The molecule has 4 aromatic carbocycles. The van der Waals surface area contributed by atoms with Crippen LogP contribution < -0.4 is 15.9 Å². The van der Waals surface area contributed by atoms with E-state index in [1.165, 1.54) is 27.7 Å². The van der Waals surface area contributed by atoms with Gasteiger partial charge in [-0.2, -0.15) is 0 Å². The Hall–Kier alpha value is -3.24. The molecule has 5 rings (SSSR count). The third kappa shape index (κ3) is 4.75. The summed E-state index contributed by atoms with van der Waals surface area (Å²) < 4.78 is 6.13. The van der Waals surface area contributed by atoms with E-state index in [9.17, 15) is 4.79 Å². The molecule has 0 spiro atoms. The van der Waals surface area contributed by atoms with Crippen LogP contribution in [0.1, 0.15) is 12.5 Å². The van der Waals surface area contributed by atoms with E-state index in [2.05, 4.69) is 72.8 Å². The Morgan fingerprint density at radius 2 is 1.25 bits per heavy atom. The van der Waals surface area contributed by atoms with Crippen LogP contribution in [-0.4, -0.2) is 21.7 Å². The normalized spacial score (nSPS) is 14.9. The molecular weight excluding hydrogens is 499 g/mol. The summed E-state index contributed by atoms with van der Waals surface area (Å²) in [7, 11) is -2.32. The van der Waals surface area contributed by atoms with Gasteiger partial charge in [0.2, 0.25) is 0 Å². The van der Waals surface area contributed by atoms with Crippen LogP contribution in [0, 0.1) is 0 Å². The molecule has 0 aromatic heterocycles. The van der Waals surface area contributed by atoms with Gasteiger partial charge in [0, 0.05) is 22.5 Å². The van der Waals surface area contributed by atoms with Crippen LogP contribution in [0.25, 0.3) is 6.08 Å². The van der Waals surface area contributed by atoms with Crippen LogP contribution >= 0.6 is 31.0 Å². The van der Waals surface area contributed by atoms with Crippen LogP contribution in [0.4, 0.5) is 5.69 Å². The Labute approximate surface area is 221 Å². The van der Waals surface area contributed by atoms with Crippen LogP contribution in [0.2, 0.25) is 0 Å². The molecule has 178 valence electrons. The molecule has 0 radical (unpaired) electrons. The van der Waals surface area contributed by atoms with Gasteiger partial charge in [-0.3, -0.25) is 14.4 Å². The zero-order valence-corrected chi connectivity index (χ0v) is 22.3. The maximum atomic E-state index is 12.6. The number of hydrogen-bond donors (Lipinski definition) is 0. The first-order valence-electron chi connectivity index (χ1n) is 11.8. The maximum Gasteiger partial charge on any atom is 0.266 e. The van der Waals surface area contributed by atoms with Gasteiger partial charge < -0.3 is 0 Å². The number of benzene rings is 4. The molecule has 0 aliphatic carbocycles. The number of nitrogens with zero attached hydrogens (tertiary/aromatic N) is 2. The van der Waals surface area contributed by atoms with Gasteiger partial charge in [-0.15, -0.1) is 0 Å². The Morgan fingerprint density at radius 3 is 1.67 bits per heavy atom. The van der Waals surface area contributed by atoms with Gasteiger partial charge in [-0.25, -0.2) is 0 Å². The van der Waals surface area contributed by atoms with E-state index in [1.54, 1.807) is 4.90 Å². The molecule has 1 saturated heterocycles. The summed E-state index contributed by atoms with van der Waals surface area (Å²) in [6.45, 7) is 2.52. The van der Waals surface area contributed by atoms with E-state index in [1.807, 2.05) is 55.5 Å². The Balaban J connectivity index is 1.64. The molecule has 3 nitrogen and oxygen atoms in total. The minimum absolute atomic E-state index is 0.0246. The molecule has 0 unspecified atom stereocenters. The van der Waals surface area contributed by atoms with Crippen molar-refractivity contribution in [2.75, 3.05) is 6.54 Å². The average molecular weight is 525 g/mol. The first-order valence-corrected chi connectivity index (χ1v) is 14.7. The number of amides is 1. The second kappa shape index (κ2) is 10.8. The van der Waals surface area contributed by atoms with Gasteiger partial charge in [-0.05, 0) is 30.7 Å². The highest BCUT2D eigenvalue weighted by Crippen LogP contribution is 2.49. The lowest BCUT2D eigenvalue weighted by molar-refractivity contribution is -0.121. The number of carbonyl (C=O) groups excluding carboxylic acids is 1. The van der Waals surface area contributed by atoms with Crippen molar-refractivity contribution in [2.45, 2.75) is 6.92 Å². The fourth-order valence-electron chi connectivity index (χ4n) is 4.29. The smallest absolute Gasteiger partial charge is 0.266 e. The van der Waals surface area contributed by atoms with Crippen molar-refractivity contribution in [1.82, 2.24) is 4.90 Å². The van der Waals surface area contributed by atoms with Gasteiger partial charge in [0.05, 0.1) is 17.6 Å². The van der Waals surface area contributed by atoms with E-state index in [4.69, 9.17) is 17.0 Å². The quantitative estimate of drug-likeness (QED) is 0.160. The molecule has 0 N–H and O–H groups in total. The Bertz CT molecular complexity index is 1360. The first kappa shape index (κ1) is 24.5. The first-order chi connectivity index (χ1) is 17.6. The summed E-state index contributed by atoms with van der Waals surface area (Å²) in [6.07, 6.45) is 1.91. The number of likely N-dealkylation sites (N-methyl/N-ethyl adjacent to an activating group) is 1. The molecule has 1 fully saturated rings. The lowest BCUT2D eigenvalue weighted by atomic mass is 10.2. The standard InChI is InChI=1S/C30H25N2OPS2/c1-2-32-29(33)28(36-30(32)35)22-23-18-20-24(21-19-23)31-34(25-12-6-3-7-13-25,26-14-8-4-9-15-26)27-16-10-5-11-17-27/h3-22H,2H2,1H3/b28-22+. The summed E-state index contributed by atoms with van der Waals surface area (Å²) in [5.41, 5.74) is 1.85. The SMILES string of the molecule is CCN1C(=O)/C(=C\c2ccc(N=P(c3ccccc3)(c3ccccc3)c3ccccc3)cc2)SC1=S. The molecule has 1 aliphatic heterocycles. The van der Waals surface area contributed by atoms with Gasteiger partial charge in [-0.1, -0.05) is 127 Å². The largest absolute Gasteiger partial charge is 0.293 e. The van der Waals surface area contributed by atoms with E-state index in [-0.39, 0.29) is 5.91 Å². The van der Waals surface area contributed by atoms with Crippen LogP contribution in [-0.2, 0) is 4.79 Å². The van der Waals surface area contributed by atoms with Gasteiger partial charge in [0.15, 0.2) is 0 Å². The zero-order valence-electron chi connectivity index (χ0n) is 19.8. The number of rotatable bonds is 6. The number of hydrogen-bond acceptors (Lipinski definition) is 4. The monoisotopic (exact) mass is 524 g/mol. The molecule has 6 heteroatoms. The highest BCUT2D eigenvalue weighted by Gasteiger charge is 2.30. The van der Waals surface area contributed by atoms with E-state index >= 15 is 0 Å². The summed E-state index contributed by atoms with van der Waals surface area (Å²) in [6, 6.07) is 39.9. The number of carbonyl (C=O) groups is 1. The topological polar surface area (TPSA) is 32.7 Å². The zero-order chi connectivity index (χ0) is 25.0. The van der Waals surface area contributed by atoms with E-state index in [0.29, 0.717) is 15.8 Å². The third-order valence-electron chi connectivity index (χ3n) is 6.04. The van der Waals surface area contributed by atoms with Crippen molar-refractivity contribution >= 4 is 68.9 Å². The summed E-state index contributed by atoms with van der Waals surface area (Å²) >= 11 is 6.70. The number of thioether (sulfide) groups is 1. The fraction of sp³-hybridized carbons (Fsp3) is 0.0667. The molecule has 0 atom stereocenters. The molecule has 4 aromatic rings. The molecule has 1 heterocycles. The maximum absolute atomic E-state index is 12.6. The van der Waals surface area contributed by atoms with Crippen molar-refractivity contribution in [2.24, 2.45) is 4.74 Å². The van der Waals surface area contributed by atoms with Crippen molar-refractivity contribution in [3.05, 3.63) is 126 Å². The van der Waals surface area contributed by atoms with Crippen LogP contribution in [0.3, 0.4) is 0 Å². The Kier molecular flexibility index (Phi) is 7.33. The minimum atomic E-state index is -2.32. The fourth-order valence-corrected chi connectivity index (χ4v) is 9.20. The third-order valence-corrected chi connectivity index (χ3v) is 11.1. The number of thiocarbonyl (C=S) groups is 1. The van der Waals surface area contributed by atoms with Crippen molar-refractivity contribution in [1.29, 1.82) is 0 Å². The van der Waals surface area contributed by atoms with Gasteiger partial charge >= 0.3 is 0 Å². The summed E-state index contributed by atoms with van der Waals surface area (Å²) in [5, 5.41) is 3.61. The van der Waals surface area contributed by atoms with Crippen molar-refractivity contribution < 1.29 is 4.79 Å². The van der Waals surface area contributed by atoms with E-state index in [0.717, 1.165) is 11.3 Å². The van der Waals surface area contributed by atoms with Gasteiger partial charge in [0.25, 0.3) is 5.91 Å². The average Bonchev–Trinajstić information content (AvgIpc) is 3.21. The molecule has 1 amide bonds. The molecular formula is C30H25N2OPS2. The van der Waals surface area contributed by atoms with Crippen LogP contribution in [0.15, 0.2) is 125 Å². The van der Waals surface area contributed by atoms with Gasteiger partial charge in [0.1, 0.15) is 4.32 Å². The highest BCUT2D eigenvalue weighted by atomic mass is 32.2. The lowest BCUT2D eigenvalue weighted by Gasteiger charge is -2.27. The lowest BCUT2D eigenvalue weighted by Crippen LogP contribution is -2.27. The predicted molar refractivity (Wildman–Crippen MR) is 159 cm³/mol. The molecule has 0 bridgehead atoms. The highest BCUT2D eigenvalue weighted by molar-refractivity contribution is 8.26. The molecule has 0 saturated carbocycles. The summed E-state index contributed by atoms with van der Waals surface area (Å²) in [4.78, 5) is 14.9. The second-order valence-electron chi connectivity index (χ2n) is 8.26.